The van der Waals surface area contributed by atoms with E-state index in [9.17, 15) is 8.42 Å². The third kappa shape index (κ3) is 3.23. The average molecular weight is 299 g/mol. The zero-order valence-corrected chi connectivity index (χ0v) is 12.7. The molecule has 0 aliphatic carbocycles. The van der Waals surface area contributed by atoms with E-state index in [1.807, 2.05) is 24.4 Å². The van der Waals surface area contributed by atoms with Gasteiger partial charge in [0.2, 0.25) is 10.0 Å². The van der Waals surface area contributed by atoms with Gasteiger partial charge in [-0.05, 0) is 38.6 Å². The fourth-order valence-electron chi connectivity index (χ4n) is 2.03. The highest BCUT2D eigenvalue weighted by atomic mass is 32.2. The van der Waals surface area contributed by atoms with Crippen LogP contribution in [0.15, 0.2) is 22.4 Å². The Balaban J connectivity index is 2.13. The number of thiophene rings is 1. The lowest BCUT2D eigenvalue weighted by Crippen LogP contribution is -2.34. The van der Waals surface area contributed by atoms with E-state index in [-0.39, 0.29) is 10.9 Å². The van der Waals surface area contributed by atoms with Crippen LogP contribution in [0.5, 0.6) is 0 Å². The van der Waals surface area contributed by atoms with Gasteiger partial charge in [-0.2, -0.15) is 5.10 Å². The highest BCUT2D eigenvalue weighted by molar-refractivity contribution is 7.89. The molecule has 5 nitrogen and oxygen atoms in total. The Labute approximate surface area is 117 Å². The Morgan fingerprint density at radius 1 is 1.47 bits per heavy atom. The number of hydrogen-bond donors (Lipinski definition) is 2. The van der Waals surface area contributed by atoms with Crippen LogP contribution >= 0.6 is 11.3 Å². The van der Waals surface area contributed by atoms with E-state index in [0.29, 0.717) is 17.8 Å². The second-order valence-electron chi connectivity index (χ2n) is 4.57. The monoisotopic (exact) mass is 299 g/mol. The summed E-state index contributed by atoms with van der Waals surface area (Å²) in [6.07, 6.45) is 0.687. The summed E-state index contributed by atoms with van der Waals surface area (Å²) in [4.78, 5) is 1.42. The molecule has 19 heavy (non-hydrogen) atoms. The summed E-state index contributed by atoms with van der Waals surface area (Å²) >= 11 is 1.63. The van der Waals surface area contributed by atoms with Crippen LogP contribution in [-0.2, 0) is 16.4 Å². The maximum absolute atomic E-state index is 12.3. The minimum Gasteiger partial charge on any atom is -0.281 e. The van der Waals surface area contributed by atoms with E-state index < -0.39 is 10.0 Å². The minimum atomic E-state index is -3.52. The van der Waals surface area contributed by atoms with Crippen molar-refractivity contribution in [3.63, 3.8) is 0 Å². The molecule has 0 aromatic carbocycles. The van der Waals surface area contributed by atoms with Crippen molar-refractivity contribution in [2.75, 3.05) is 0 Å². The van der Waals surface area contributed by atoms with Crippen LogP contribution in [0.3, 0.4) is 0 Å². The molecule has 2 rings (SSSR count). The lowest BCUT2D eigenvalue weighted by atomic mass is 10.2. The average Bonchev–Trinajstić information content (AvgIpc) is 2.88. The summed E-state index contributed by atoms with van der Waals surface area (Å²) in [5.41, 5.74) is 1.06. The van der Waals surface area contributed by atoms with Gasteiger partial charge in [-0.3, -0.25) is 5.10 Å². The largest absolute Gasteiger partial charge is 0.281 e. The molecule has 0 aliphatic rings. The van der Waals surface area contributed by atoms with Crippen LogP contribution in [0.4, 0.5) is 0 Å². The maximum Gasteiger partial charge on any atom is 0.244 e. The second kappa shape index (κ2) is 5.44. The minimum absolute atomic E-state index is 0.155. The van der Waals surface area contributed by atoms with Crippen molar-refractivity contribution in [1.29, 1.82) is 0 Å². The van der Waals surface area contributed by atoms with Gasteiger partial charge in [0.05, 0.1) is 11.4 Å². The first kappa shape index (κ1) is 14.2. The summed E-state index contributed by atoms with van der Waals surface area (Å²) in [6, 6.07) is 3.81. The fraction of sp³-hybridized carbons (Fsp3) is 0.417. The van der Waals surface area contributed by atoms with Gasteiger partial charge >= 0.3 is 0 Å². The number of aromatic amines is 1. The number of nitrogens with one attached hydrogen (secondary N) is 2. The SMILES string of the molecule is Cc1n[nH]c(C)c1S(=O)(=O)NC(C)Cc1cccs1. The van der Waals surface area contributed by atoms with E-state index in [1.54, 1.807) is 25.2 Å². The quantitative estimate of drug-likeness (QED) is 0.886. The van der Waals surface area contributed by atoms with Crippen LogP contribution in [-0.4, -0.2) is 24.7 Å². The topological polar surface area (TPSA) is 74.8 Å². The van der Waals surface area contributed by atoms with Gasteiger partial charge in [0.1, 0.15) is 4.90 Å². The summed E-state index contributed by atoms with van der Waals surface area (Å²) < 4.78 is 27.3. The Morgan fingerprint density at radius 3 is 2.74 bits per heavy atom. The molecule has 0 aliphatic heterocycles. The molecule has 1 atom stereocenters. The van der Waals surface area contributed by atoms with Gasteiger partial charge in [-0.1, -0.05) is 6.07 Å². The molecule has 0 bridgehead atoms. The number of hydrogen-bond acceptors (Lipinski definition) is 4. The zero-order chi connectivity index (χ0) is 14.0. The van der Waals surface area contributed by atoms with Crippen LogP contribution in [0, 0.1) is 13.8 Å². The van der Waals surface area contributed by atoms with Gasteiger partial charge in [-0.25, -0.2) is 13.1 Å². The predicted octanol–water partition coefficient (Wildman–Crippen LogP) is 2.00. The molecule has 0 saturated heterocycles. The van der Waals surface area contributed by atoms with Crippen molar-refractivity contribution in [1.82, 2.24) is 14.9 Å². The zero-order valence-electron chi connectivity index (χ0n) is 11.1. The molecule has 0 radical (unpaired) electrons. The molecule has 7 heteroatoms. The molecule has 1 unspecified atom stereocenters. The summed E-state index contributed by atoms with van der Waals surface area (Å²) in [6.45, 7) is 5.25. The maximum atomic E-state index is 12.3. The van der Waals surface area contributed by atoms with Crippen LogP contribution in [0.2, 0.25) is 0 Å². The molecule has 0 saturated carbocycles. The molecule has 0 spiro atoms. The van der Waals surface area contributed by atoms with E-state index in [2.05, 4.69) is 14.9 Å². The van der Waals surface area contributed by atoms with Gasteiger partial charge < -0.3 is 0 Å². The molecule has 0 fully saturated rings. The number of H-pyrrole nitrogens is 1. The first-order valence-corrected chi connectivity index (χ1v) is 8.32. The van der Waals surface area contributed by atoms with E-state index in [4.69, 9.17) is 0 Å². The van der Waals surface area contributed by atoms with Crippen molar-refractivity contribution in [3.8, 4) is 0 Å². The number of aryl methyl sites for hydroxylation is 2. The molecule has 104 valence electrons. The van der Waals surface area contributed by atoms with Crippen molar-refractivity contribution in [2.45, 2.75) is 38.1 Å². The van der Waals surface area contributed by atoms with Crippen LogP contribution in [0.25, 0.3) is 0 Å². The van der Waals surface area contributed by atoms with Crippen molar-refractivity contribution in [3.05, 3.63) is 33.8 Å². The number of nitrogens with zero attached hydrogens (tertiary/aromatic N) is 1. The molecular formula is C12H17N3O2S2. The van der Waals surface area contributed by atoms with Gasteiger partial charge in [0, 0.05) is 10.9 Å². The van der Waals surface area contributed by atoms with Gasteiger partial charge in [0.15, 0.2) is 0 Å². The highest BCUT2D eigenvalue weighted by Gasteiger charge is 2.24. The third-order valence-corrected chi connectivity index (χ3v) is 5.52. The van der Waals surface area contributed by atoms with E-state index in [0.717, 1.165) is 4.88 Å². The lowest BCUT2D eigenvalue weighted by molar-refractivity contribution is 0.559. The smallest absolute Gasteiger partial charge is 0.244 e. The standard InChI is InChI=1S/C12H17N3O2S2/c1-8(7-11-5-4-6-18-11)15-19(16,17)12-9(2)13-14-10(12)3/h4-6,8,15H,7H2,1-3H3,(H,13,14). The van der Waals surface area contributed by atoms with E-state index >= 15 is 0 Å². The molecule has 2 heterocycles. The first-order valence-electron chi connectivity index (χ1n) is 5.96. The molecule has 0 amide bonds. The Bertz CT molecular complexity index is 625. The molecular weight excluding hydrogens is 282 g/mol. The van der Waals surface area contributed by atoms with Gasteiger partial charge in [-0.15, -0.1) is 11.3 Å². The number of sulfonamides is 1. The van der Waals surface area contributed by atoms with Gasteiger partial charge in [0.25, 0.3) is 0 Å². The summed E-state index contributed by atoms with van der Waals surface area (Å²) in [5, 5.41) is 8.61. The first-order chi connectivity index (χ1) is 8.90. The molecule has 2 N–H and O–H groups in total. The van der Waals surface area contributed by atoms with Crippen LogP contribution < -0.4 is 4.72 Å². The fourth-order valence-corrected chi connectivity index (χ4v) is 4.48. The Kier molecular flexibility index (Phi) is 4.07. The molecule has 2 aromatic heterocycles. The second-order valence-corrected chi connectivity index (χ2v) is 7.25. The number of rotatable bonds is 5. The highest BCUT2D eigenvalue weighted by Crippen LogP contribution is 2.18. The summed E-state index contributed by atoms with van der Waals surface area (Å²) in [5.74, 6) is 0. The third-order valence-electron chi connectivity index (χ3n) is 2.77. The Hall–Kier alpha value is -1.18. The van der Waals surface area contributed by atoms with Crippen molar-refractivity contribution < 1.29 is 8.42 Å². The van der Waals surface area contributed by atoms with E-state index in [1.165, 1.54) is 0 Å². The predicted molar refractivity (Wildman–Crippen MR) is 75.9 cm³/mol. The van der Waals surface area contributed by atoms with Crippen molar-refractivity contribution in [2.24, 2.45) is 0 Å². The normalized spacial score (nSPS) is 13.6. The lowest BCUT2D eigenvalue weighted by Gasteiger charge is -2.13. The Morgan fingerprint density at radius 2 is 2.21 bits per heavy atom. The van der Waals surface area contributed by atoms with Crippen LogP contribution in [0.1, 0.15) is 23.2 Å². The number of aromatic nitrogens is 2. The summed E-state index contributed by atoms with van der Waals surface area (Å²) in [7, 11) is -3.52. The molecule has 2 aromatic rings. The van der Waals surface area contributed by atoms with Crippen molar-refractivity contribution >= 4 is 21.4 Å².